The van der Waals surface area contributed by atoms with Crippen LogP contribution in [0.1, 0.15) is 60.8 Å². The molecule has 2 aromatic heterocycles. The number of amides is 1. The largest absolute Gasteiger partial charge is 0.378 e. The molecule has 0 bridgehead atoms. The van der Waals surface area contributed by atoms with Gasteiger partial charge in [-0.3, -0.25) is 4.79 Å². The first kappa shape index (κ1) is 18.8. The lowest BCUT2D eigenvalue weighted by Gasteiger charge is -2.32. The Bertz CT molecular complexity index is 763. The molecule has 1 amide bonds. The van der Waals surface area contributed by atoms with Crippen LogP contribution in [0.4, 0.5) is 0 Å². The molecule has 1 aliphatic rings. The van der Waals surface area contributed by atoms with Gasteiger partial charge in [-0.25, -0.2) is 4.98 Å². The van der Waals surface area contributed by atoms with E-state index < -0.39 is 0 Å². The van der Waals surface area contributed by atoms with Crippen molar-refractivity contribution in [2.24, 2.45) is 5.73 Å². The fourth-order valence-corrected chi connectivity index (χ4v) is 3.39. The third-order valence-corrected chi connectivity index (χ3v) is 4.81. The van der Waals surface area contributed by atoms with Crippen molar-refractivity contribution in [3.8, 4) is 0 Å². The molecule has 7 heteroatoms. The Morgan fingerprint density at radius 2 is 2.15 bits per heavy atom. The average Bonchev–Trinajstić information content (AvgIpc) is 3.05. The molecule has 0 radical (unpaired) electrons. The van der Waals surface area contributed by atoms with Crippen molar-refractivity contribution in [3.05, 3.63) is 23.0 Å². The molecule has 0 saturated carbocycles. The SMILES string of the molecule is Cc1cc(C(=O)N2CCC(OCCCN)CC2)c2c(C(C)C)noc2n1. The van der Waals surface area contributed by atoms with Crippen LogP contribution >= 0.6 is 0 Å². The number of ether oxygens (including phenoxy) is 1. The highest BCUT2D eigenvalue weighted by molar-refractivity contribution is 6.06. The van der Waals surface area contributed by atoms with Gasteiger partial charge in [-0.05, 0) is 44.7 Å². The maximum absolute atomic E-state index is 13.2. The molecule has 0 aliphatic carbocycles. The minimum absolute atomic E-state index is 0.0195. The minimum Gasteiger partial charge on any atom is -0.378 e. The van der Waals surface area contributed by atoms with Gasteiger partial charge in [-0.1, -0.05) is 19.0 Å². The van der Waals surface area contributed by atoms with E-state index in [1.807, 2.05) is 31.7 Å². The van der Waals surface area contributed by atoms with E-state index in [-0.39, 0.29) is 17.9 Å². The molecule has 3 rings (SSSR count). The predicted octanol–water partition coefficient (Wildman–Crippen LogP) is 2.62. The molecule has 3 heterocycles. The van der Waals surface area contributed by atoms with Crippen molar-refractivity contribution < 1.29 is 14.1 Å². The number of likely N-dealkylation sites (tertiary alicyclic amines) is 1. The maximum Gasteiger partial charge on any atom is 0.259 e. The van der Waals surface area contributed by atoms with Crippen LogP contribution in [-0.4, -0.2) is 53.3 Å². The van der Waals surface area contributed by atoms with Gasteiger partial charge in [0.25, 0.3) is 11.6 Å². The van der Waals surface area contributed by atoms with Crippen molar-refractivity contribution in [2.45, 2.75) is 52.1 Å². The fraction of sp³-hybridized carbons (Fsp3) is 0.632. The van der Waals surface area contributed by atoms with E-state index >= 15 is 0 Å². The van der Waals surface area contributed by atoms with Gasteiger partial charge >= 0.3 is 0 Å². The number of carbonyl (C=O) groups excluding carboxylic acids is 1. The average molecular weight is 360 g/mol. The lowest BCUT2D eigenvalue weighted by atomic mass is 10.0. The van der Waals surface area contributed by atoms with E-state index in [4.69, 9.17) is 15.0 Å². The summed E-state index contributed by atoms with van der Waals surface area (Å²) in [6.45, 7) is 8.66. The summed E-state index contributed by atoms with van der Waals surface area (Å²) in [5, 5.41) is 4.89. The molecule has 0 unspecified atom stereocenters. The molecule has 1 fully saturated rings. The van der Waals surface area contributed by atoms with Crippen LogP contribution in [0, 0.1) is 6.92 Å². The first-order valence-corrected chi connectivity index (χ1v) is 9.39. The van der Waals surface area contributed by atoms with Crippen LogP contribution in [0.15, 0.2) is 10.6 Å². The van der Waals surface area contributed by atoms with E-state index in [1.165, 1.54) is 0 Å². The Balaban J connectivity index is 1.77. The highest BCUT2D eigenvalue weighted by Crippen LogP contribution is 2.29. The third kappa shape index (κ3) is 3.88. The number of hydrogen-bond donors (Lipinski definition) is 1. The monoisotopic (exact) mass is 360 g/mol. The smallest absolute Gasteiger partial charge is 0.259 e. The van der Waals surface area contributed by atoms with E-state index in [1.54, 1.807) is 0 Å². The number of aryl methyl sites for hydroxylation is 1. The molecular weight excluding hydrogens is 332 g/mol. The number of pyridine rings is 1. The van der Waals surface area contributed by atoms with Crippen molar-refractivity contribution in [1.82, 2.24) is 15.0 Å². The zero-order valence-corrected chi connectivity index (χ0v) is 15.8. The molecular formula is C19H28N4O3. The van der Waals surface area contributed by atoms with Crippen molar-refractivity contribution >= 4 is 17.0 Å². The molecule has 26 heavy (non-hydrogen) atoms. The van der Waals surface area contributed by atoms with E-state index in [9.17, 15) is 4.79 Å². The first-order valence-electron chi connectivity index (χ1n) is 9.39. The summed E-state index contributed by atoms with van der Waals surface area (Å²) in [5.74, 6) is 0.181. The topological polar surface area (TPSA) is 94.5 Å². The van der Waals surface area contributed by atoms with Crippen LogP contribution in [0.5, 0.6) is 0 Å². The molecule has 2 N–H and O–H groups in total. The standard InChI is InChI=1S/C19H28N4O3/c1-12(2)17-16-15(11-13(3)21-18(16)26-22-17)19(24)23-8-5-14(6-9-23)25-10-4-7-20/h11-12,14H,4-10,20H2,1-3H3. The summed E-state index contributed by atoms with van der Waals surface area (Å²) in [6.07, 6.45) is 2.79. The Kier molecular flexibility index (Phi) is 5.88. The van der Waals surface area contributed by atoms with Gasteiger partial charge in [-0.2, -0.15) is 0 Å². The summed E-state index contributed by atoms with van der Waals surface area (Å²) in [6, 6.07) is 1.84. The second kappa shape index (κ2) is 8.14. The summed E-state index contributed by atoms with van der Waals surface area (Å²) >= 11 is 0. The van der Waals surface area contributed by atoms with Crippen LogP contribution in [0.3, 0.4) is 0 Å². The molecule has 2 aromatic rings. The number of aromatic nitrogens is 2. The number of fused-ring (bicyclic) bond motifs is 1. The van der Waals surface area contributed by atoms with Crippen LogP contribution in [0.25, 0.3) is 11.1 Å². The molecule has 1 aliphatic heterocycles. The number of carbonyl (C=O) groups is 1. The predicted molar refractivity (Wildman–Crippen MR) is 99.2 cm³/mol. The normalized spacial score (nSPS) is 16.0. The van der Waals surface area contributed by atoms with Crippen LogP contribution in [-0.2, 0) is 4.74 Å². The molecule has 0 spiro atoms. The lowest BCUT2D eigenvalue weighted by molar-refractivity contribution is 0.00849. The van der Waals surface area contributed by atoms with Crippen LogP contribution in [0.2, 0.25) is 0 Å². The van der Waals surface area contributed by atoms with E-state index in [0.29, 0.717) is 37.5 Å². The van der Waals surface area contributed by atoms with Crippen molar-refractivity contribution in [2.75, 3.05) is 26.2 Å². The quantitative estimate of drug-likeness (QED) is 0.796. The Labute approximate surface area is 153 Å². The second-order valence-electron chi connectivity index (χ2n) is 7.22. The van der Waals surface area contributed by atoms with E-state index in [0.717, 1.165) is 36.0 Å². The maximum atomic E-state index is 13.2. The number of piperidine rings is 1. The Hall–Kier alpha value is -1.99. The van der Waals surface area contributed by atoms with Gasteiger partial charge in [-0.15, -0.1) is 0 Å². The van der Waals surface area contributed by atoms with Gasteiger partial charge in [0.05, 0.1) is 22.7 Å². The summed E-state index contributed by atoms with van der Waals surface area (Å²) in [7, 11) is 0. The fourth-order valence-electron chi connectivity index (χ4n) is 3.39. The number of nitrogens with zero attached hydrogens (tertiary/aromatic N) is 3. The Morgan fingerprint density at radius 1 is 1.42 bits per heavy atom. The van der Waals surface area contributed by atoms with Gasteiger partial charge in [0.15, 0.2) is 0 Å². The zero-order chi connectivity index (χ0) is 18.7. The molecule has 1 saturated heterocycles. The van der Waals surface area contributed by atoms with Crippen LogP contribution < -0.4 is 5.73 Å². The lowest BCUT2D eigenvalue weighted by Crippen LogP contribution is -2.41. The number of nitrogens with two attached hydrogens (primary N) is 1. The first-order chi connectivity index (χ1) is 12.5. The number of hydrogen-bond acceptors (Lipinski definition) is 6. The molecule has 7 nitrogen and oxygen atoms in total. The van der Waals surface area contributed by atoms with Crippen molar-refractivity contribution in [3.63, 3.8) is 0 Å². The van der Waals surface area contributed by atoms with Gasteiger partial charge in [0.1, 0.15) is 0 Å². The number of rotatable bonds is 6. The Morgan fingerprint density at radius 3 is 2.81 bits per heavy atom. The zero-order valence-electron chi connectivity index (χ0n) is 15.8. The summed E-state index contributed by atoms with van der Waals surface area (Å²) in [5.41, 5.74) is 8.13. The minimum atomic E-state index is 0.0195. The summed E-state index contributed by atoms with van der Waals surface area (Å²) in [4.78, 5) is 19.5. The van der Waals surface area contributed by atoms with Gasteiger partial charge < -0.3 is 19.9 Å². The molecule has 0 atom stereocenters. The highest BCUT2D eigenvalue weighted by Gasteiger charge is 2.28. The molecule has 142 valence electrons. The third-order valence-electron chi connectivity index (χ3n) is 4.81. The van der Waals surface area contributed by atoms with Crippen molar-refractivity contribution in [1.29, 1.82) is 0 Å². The van der Waals surface area contributed by atoms with Gasteiger partial charge in [0.2, 0.25) is 0 Å². The second-order valence-corrected chi connectivity index (χ2v) is 7.22. The van der Waals surface area contributed by atoms with Gasteiger partial charge in [0, 0.05) is 25.4 Å². The summed E-state index contributed by atoms with van der Waals surface area (Å²) < 4.78 is 11.2. The molecule has 0 aromatic carbocycles. The van der Waals surface area contributed by atoms with E-state index in [2.05, 4.69) is 10.1 Å². The highest BCUT2D eigenvalue weighted by atomic mass is 16.5.